The van der Waals surface area contributed by atoms with Crippen molar-refractivity contribution in [2.75, 3.05) is 6.61 Å². The number of nitrogens with one attached hydrogen (secondary N) is 1. The summed E-state index contributed by atoms with van der Waals surface area (Å²) in [6.45, 7) is 15.2. The SMILES string of the molecule is Cc1cc(COCCCC(C)C)oc1CNC(C)(C)C. The summed E-state index contributed by atoms with van der Waals surface area (Å²) in [4.78, 5) is 0. The van der Waals surface area contributed by atoms with Gasteiger partial charge in [-0.3, -0.25) is 0 Å². The fraction of sp³-hybridized carbons (Fsp3) is 0.765. The normalized spacial score (nSPS) is 12.3. The van der Waals surface area contributed by atoms with Gasteiger partial charge < -0.3 is 14.5 Å². The highest BCUT2D eigenvalue weighted by Gasteiger charge is 2.12. The van der Waals surface area contributed by atoms with E-state index in [1.54, 1.807) is 0 Å². The van der Waals surface area contributed by atoms with Gasteiger partial charge >= 0.3 is 0 Å². The molecule has 1 N–H and O–H groups in total. The second-order valence-corrected chi connectivity index (χ2v) is 7.01. The van der Waals surface area contributed by atoms with Gasteiger partial charge in [0.25, 0.3) is 0 Å². The van der Waals surface area contributed by atoms with Crippen molar-refractivity contribution in [3.05, 3.63) is 23.2 Å². The highest BCUT2D eigenvalue weighted by molar-refractivity contribution is 5.19. The summed E-state index contributed by atoms with van der Waals surface area (Å²) in [6.07, 6.45) is 2.34. The lowest BCUT2D eigenvalue weighted by Crippen LogP contribution is -2.35. The van der Waals surface area contributed by atoms with Gasteiger partial charge in [0, 0.05) is 12.1 Å². The lowest BCUT2D eigenvalue weighted by atomic mass is 10.1. The van der Waals surface area contributed by atoms with E-state index >= 15 is 0 Å². The Hall–Kier alpha value is -0.800. The van der Waals surface area contributed by atoms with Crippen LogP contribution in [0.25, 0.3) is 0 Å². The molecule has 1 heterocycles. The minimum absolute atomic E-state index is 0.104. The van der Waals surface area contributed by atoms with E-state index in [2.05, 4.69) is 52.9 Å². The third-order valence-corrected chi connectivity index (χ3v) is 3.17. The first-order valence-electron chi connectivity index (χ1n) is 7.69. The maximum Gasteiger partial charge on any atom is 0.130 e. The van der Waals surface area contributed by atoms with Crippen molar-refractivity contribution in [3.8, 4) is 0 Å². The van der Waals surface area contributed by atoms with Crippen LogP contribution in [0.15, 0.2) is 10.5 Å². The van der Waals surface area contributed by atoms with E-state index in [1.165, 1.54) is 12.0 Å². The molecule has 3 nitrogen and oxygen atoms in total. The molecule has 0 saturated heterocycles. The molecule has 0 aliphatic rings. The molecule has 0 fully saturated rings. The van der Waals surface area contributed by atoms with Crippen LogP contribution in [0, 0.1) is 12.8 Å². The smallest absolute Gasteiger partial charge is 0.130 e. The first kappa shape index (κ1) is 17.3. The Morgan fingerprint density at radius 3 is 2.60 bits per heavy atom. The molecule has 0 unspecified atom stereocenters. The van der Waals surface area contributed by atoms with Crippen LogP contribution < -0.4 is 5.32 Å². The molecule has 20 heavy (non-hydrogen) atoms. The molecule has 1 aromatic rings. The quantitative estimate of drug-likeness (QED) is 0.716. The topological polar surface area (TPSA) is 34.4 Å². The highest BCUT2D eigenvalue weighted by atomic mass is 16.5. The van der Waals surface area contributed by atoms with E-state index in [-0.39, 0.29) is 5.54 Å². The predicted octanol–water partition coefficient (Wildman–Crippen LogP) is 4.43. The summed E-state index contributed by atoms with van der Waals surface area (Å²) in [7, 11) is 0. The lowest BCUT2D eigenvalue weighted by molar-refractivity contribution is 0.0996. The summed E-state index contributed by atoms with van der Waals surface area (Å²) >= 11 is 0. The number of aryl methyl sites for hydroxylation is 1. The van der Waals surface area contributed by atoms with Crippen LogP contribution in [0.5, 0.6) is 0 Å². The van der Waals surface area contributed by atoms with Gasteiger partial charge in [-0.25, -0.2) is 0 Å². The first-order valence-corrected chi connectivity index (χ1v) is 7.69. The molecule has 116 valence electrons. The minimum atomic E-state index is 0.104. The maximum atomic E-state index is 5.85. The molecule has 0 aromatic carbocycles. The second kappa shape index (κ2) is 7.84. The van der Waals surface area contributed by atoms with Crippen LogP contribution in [-0.4, -0.2) is 12.1 Å². The van der Waals surface area contributed by atoms with Crippen molar-refractivity contribution >= 4 is 0 Å². The third kappa shape index (κ3) is 7.11. The Morgan fingerprint density at radius 1 is 1.30 bits per heavy atom. The molecule has 1 rings (SSSR count). The largest absolute Gasteiger partial charge is 0.462 e. The summed E-state index contributed by atoms with van der Waals surface area (Å²) < 4.78 is 11.5. The van der Waals surface area contributed by atoms with E-state index in [9.17, 15) is 0 Å². The van der Waals surface area contributed by atoms with Crippen LogP contribution in [0.2, 0.25) is 0 Å². The second-order valence-electron chi connectivity index (χ2n) is 7.01. The molecule has 0 amide bonds. The average Bonchev–Trinajstić information content (AvgIpc) is 2.65. The molecule has 0 spiro atoms. The summed E-state index contributed by atoms with van der Waals surface area (Å²) in [5.74, 6) is 2.69. The highest BCUT2D eigenvalue weighted by Crippen LogP contribution is 2.16. The molecular formula is C17H31NO2. The van der Waals surface area contributed by atoms with Crippen LogP contribution in [0.4, 0.5) is 0 Å². The van der Waals surface area contributed by atoms with E-state index < -0.39 is 0 Å². The Balaban J connectivity index is 2.33. The van der Waals surface area contributed by atoms with Crippen LogP contribution in [0.1, 0.15) is 64.5 Å². The van der Waals surface area contributed by atoms with Gasteiger partial charge in [-0.2, -0.15) is 0 Å². The zero-order chi connectivity index (χ0) is 15.2. The first-order chi connectivity index (χ1) is 9.28. The number of ether oxygens (including phenoxy) is 1. The zero-order valence-corrected chi connectivity index (χ0v) is 14.0. The Kier molecular flexibility index (Phi) is 6.77. The van der Waals surface area contributed by atoms with E-state index in [1.807, 2.05) is 0 Å². The zero-order valence-electron chi connectivity index (χ0n) is 14.0. The van der Waals surface area contributed by atoms with Gasteiger partial charge in [0.05, 0.1) is 6.54 Å². The van der Waals surface area contributed by atoms with Crippen molar-refractivity contribution in [1.29, 1.82) is 0 Å². The Labute approximate surface area is 124 Å². The third-order valence-electron chi connectivity index (χ3n) is 3.17. The summed E-state index contributed by atoms with van der Waals surface area (Å²) in [5, 5.41) is 3.45. The molecule has 0 bridgehead atoms. The van der Waals surface area contributed by atoms with Gasteiger partial charge in [0.15, 0.2) is 0 Å². The number of rotatable bonds is 8. The lowest BCUT2D eigenvalue weighted by Gasteiger charge is -2.19. The van der Waals surface area contributed by atoms with Gasteiger partial charge in [0.1, 0.15) is 18.1 Å². The molecule has 0 aliphatic carbocycles. The molecule has 0 radical (unpaired) electrons. The number of furan rings is 1. The van der Waals surface area contributed by atoms with Crippen LogP contribution in [-0.2, 0) is 17.9 Å². The van der Waals surface area contributed by atoms with Crippen molar-refractivity contribution in [1.82, 2.24) is 5.32 Å². The van der Waals surface area contributed by atoms with E-state index in [4.69, 9.17) is 9.15 Å². The van der Waals surface area contributed by atoms with Crippen molar-refractivity contribution in [2.24, 2.45) is 5.92 Å². The van der Waals surface area contributed by atoms with Crippen molar-refractivity contribution in [2.45, 2.75) is 73.1 Å². The van der Waals surface area contributed by atoms with Gasteiger partial charge in [-0.05, 0) is 58.1 Å². The maximum absolute atomic E-state index is 5.85. The standard InChI is InChI=1S/C17H31NO2/c1-13(2)8-7-9-19-12-15-10-14(3)16(20-15)11-18-17(4,5)6/h10,13,18H,7-9,11-12H2,1-6H3. The van der Waals surface area contributed by atoms with Crippen molar-refractivity contribution < 1.29 is 9.15 Å². The predicted molar refractivity (Wildman–Crippen MR) is 83.8 cm³/mol. The Bertz CT molecular complexity index is 388. The molecule has 3 heteroatoms. The molecule has 0 atom stereocenters. The van der Waals surface area contributed by atoms with Gasteiger partial charge in [-0.15, -0.1) is 0 Å². The van der Waals surface area contributed by atoms with Crippen LogP contribution >= 0.6 is 0 Å². The molecule has 0 aliphatic heterocycles. The molecule has 1 aromatic heterocycles. The minimum Gasteiger partial charge on any atom is -0.462 e. The van der Waals surface area contributed by atoms with Crippen LogP contribution in [0.3, 0.4) is 0 Å². The summed E-state index contributed by atoms with van der Waals surface area (Å²) in [5.41, 5.74) is 1.30. The fourth-order valence-electron chi connectivity index (χ4n) is 1.95. The molecular weight excluding hydrogens is 250 g/mol. The van der Waals surface area contributed by atoms with E-state index in [0.717, 1.165) is 37.0 Å². The Morgan fingerprint density at radius 2 is 2.00 bits per heavy atom. The number of hydrogen-bond donors (Lipinski definition) is 1. The number of hydrogen-bond acceptors (Lipinski definition) is 3. The summed E-state index contributed by atoms with van der Waals surface area (Å²) in [6, 6.07) is 2.09. The fourth-order valence-corrected chi connectivity index (χ4v) is 1.95. The van der Waals surface area contributed by atoms with Gasteiger partial charge in [-0.1, -0.05) is 13.8 Å². The van der Waals surface area contributed by atoms with Crippen molar-refractivity contribution in [3.63, 3.8) is 0 Å². The monoisotopic (exact) mass is 281 g/mol. The average molecular weight is 281 g/mol. The van der Waals surface area contributed by atoms with Gasteiger partial charge in [0.2, 0.25) is 0 Å². The molecule has 0 saturated carbocycles. The van der Waals surface area contributed by atoms with E-state index in [0.29, 0.717) is 6.61 Å².